The minimum Gasteiger partial charge on any atom is -0.322 e. The van der Waals surface area contributed by atoms with E-state index in [1.165, 1.54) is 18.3 Å². The lowest BCUT2D eigenvalue weighted by molar-refractivity contribution is 0.102. The van der Waals surface area contributed by atoms with Crippen LogP contribution >= 0.6 is 11.6 Å². The Hall–Kier alpha value is -2.90. The van der Waals surface area contributed by atoms with E-state index in [9.17, 15) is 13.2 Å². The van der Waals surface area contributed by atoms with E-state index in [1.807, 2.05) is 6.92 Å². The van der Waals surface area contributed by atoms with E-state index < -0.39 is 10.0 Å². The zero-order valence-electron chi connectivity index (χ0n) is 15.2. The second-order valence-electron chi connectivity index (χ2n) is 6.24. The number of hydrogen-bond donors (Lipinski definition) is 2. The maximum atomic E-state index is 12.8. The van der Waals surface area contributed by atoms with Crippen LogP contribution in [0.5, 0.6) is 0 Å². The highest BCUT2D eigenvalue weighted by atomic mass is 35.5. The Kier molecular flexibility index (Phi) is 5.67. The van der Waals surface area contributed by atoms with Crippen molar-refractivity contribution in [2.24, 2.45) is 0 Å². The smallest absolute Gasteiger partial charge is 0.262 e. The molecular weight excluding hydrogens is 398 g/mol. The average Bonchev–Trinajstić information content (AvgIpc) is 2.63. The largest absolute Gasteiger partial charge is 0.322 e. The molecule has 6 nitrogen and oxygen atoms in total. The lowest BCUT2D eigenvalue weighted by Crippen LogP contribution is -2.16. The molecule has 0 atom stereocenters. The number of amides is 1. The number of aromatic nitrogens is 1. The molecule has 0 aliphatic carbocycles. The van der Waals surface area contributed by atoms with Crippen LogP contribution in [0, 0.1) is 13.8 Å². The minimum atomic E-state index is -3.86. The highest BCUT2D eigenvalue weighted by molar-refractivity contribution is 7.92. The molecule has 0 spiro atoms. The van der Waals surface area contributed by atoms with Gasteiger partial charge in [-0.3, -0.25) is 14.5 Å². The van der Waals surface area contributed by atoms with Crippen molar-refractivity contribution in [3.05, 3.63) is 82.6 Å². The van der Waals surface area contributed by atoms with Crippen molar-refractivity contribution < 1.29 is 13.2 Å². The number of halogens is 1. The molecule has 8 heteroatoms. The predicted octanol–water partition coefficient (Wildman–Crippen LogP) is 4.40. The third-order valence-electron chi connectivity index (χ3n) is 3.99. The predicted molar refractivity (Wildman–Crippen MR) is 110 cm³/mol. The van der Waals surface area contributed by atoms with Crippen molar-refractivity contribution >= 4 is 38.9 Å². The molecule has 0 aliphatic rings. The zero-order chi connectivity index (χ0) is 20.3. The molecule has 28 heavy (non-hydrogen) atoms. The summed E-state index contributed by atoms with van der Waals surface area (Å²) in [5.41, 5.74) is 2.44. The topological polar surface area (TPSA) is 88.2 Å². The number of sulfonamides is 1. The number of carbonyl (C=O) groups is 1. The molecule has 0 saturated heterocycles. The van der Waals surface area contributed by atoms with Gasteiger partial charge in [0.15, 0.2) is 0 Å². The Labute approximate surface area is 168 Å². The second-order valence-corrected chi connectivity index (χ2v) is 8.33. The molecule has 1 amide bonds. The van der Waals surface area contributed by atoms with Crippen LogP contribution in [0.4, 0.5) is 11.4 Å². The first-order valence-corrected chi connectivity index (χ1v) is 10.2. The Balaban J connectivity index is 1.86. The molecule has 1 aromatic heterocycles. The summed E-state index contributed by atoms with van der Waals surface area (Å²) in [4.78, 5) is 16.5. The lowest BCUT2D eigenvalue weighted by atomic mass is 10.2. The lowest BCUT2D eigenvalue weighted by Gasteiger charge is -2.13. The van der Waals surface area contributed by atoms with E-state index in [0.717, 1.165) is 5.69 Å². The number of benzene rings is 2. The van der Waals surface area contributed by atoms with E-state index in [4.69, 9.17) is 11.6 Å². The average molecular weight is 416 g/mol. The molecule has 2 aromatic carbocycles. The maximum absolute atomic E-state index is 12.8. The fraction of sp³-hybridized carbons (Fsp3) is 0.100. The van der Waals surface area contributed by atoms with Crippen LogP contribution < -0.4 is 10.0 Å². The minimum absolute atomic E-state index is 0.0623. The summed E-state index contributed by atoms with van der Waals surface area (Å²) in [5.74, 6) is -0.373. The van der Waals surface area contributed by atoms with Gasteiger partial charge in [-0.1, -0.05) is 23.7 Å². The monoisotopic (exact) mass is 415 g/mol. The molecule has 3 rings (SSSR count). The van der Waals surface area contributed by atoms with Crippen LogP contribution in [-0.4, -0.2) is 19.3 Å². The molecule has 0 bridgehead atoms. The van der Waals surface area contributed by atoms with E-state index in [2.05, 4.69) is 15.0 Å². The van der Waals surface area contributed by atoms with Gasteiger partial charge in [-0.05, 0) is 61.9 Å². The van der Waals surface area contributed by atoms with Crippen LogP contribution in [-0.2, 0) is 10.0 Å². The Morgan fingerprint density at radius 2 is 1.79 bits per heavy atom. The Morgan fingerprint density at radius 3 is 2.46 bits per heavy atom. The molecule has 2 N–H and O–H groups in total. The summed E-state index contributed by atoms with van der Waals surface area (Å²) in [6.45, 7) is 3.51. The zero-order valence-corrected chi connectivity index (χ0v) is 16.8. The summed E-state index contributed by atoms with van der Waals surface area (Å²) in [7, 11) is -3.86. The van der Waals surface area contributed by atoms with E-state index >= 15 is 0 Å². The summed E-state index contributed by atoms with van der Waals surface area (Å²) >= 11 is 5.91. The number of carbonyl (C=O) groups excluding carboxylic acids is 1. The van der Waals surface area contributed by atoms with E-state index in [0.29, 0.717) is 27.5 Å². The summed E-state index contributed by atoms with van der Waals surface area (Å²) in [5, 5.41) is 3.12. The first-order valence-electron chi connectivity index (χ1n) is 8.38. The highest BCUT2D eigenvalue weighted by Crippen LogP contribution is 2.24. The van der Waals surface area contributed by atoms with Crippen LogP contribution in [0.25, 0.3) is 0 Å². The number of hydrogen-bond acceptors (Lipinski definition) is 4. The quantitative estimate of drug-likeness (QED) is 0.646. The van der Waals surface area contributed by atoms with Crippen LogP contribution in [0.2, 0.25) is 5.02 Å². The normalized spacial score (nSPS) is 11.1. The van der Waals surface area contributed by atoms with E-state index in [-0.39, 0.29) is 10.8 Å². The van der Waals surface area contributed by atoms with Gasteiger partial charge in [0.2, 0.25) is 0 Å². The molecule has 0 fully saturated rings. The number of pyridine rings is 1. The van der Waals surface area contributed by atoms with E-state index in [1.54, 1.807) is 49.4 Å². The second kappa shape index (κ2) is 8.00. The van der Waals surface area contributed by atoms with Crippen molar-refractivity contribution in [2.75, 3.05) is 10.0 Å². The third-order valence-corrected chi connectivity index (χ3v) is 5.74. The Morgan fingerprint density at radius 1 is 1.00 bits per heavy atom. The first-order chi connectivity index (χ1) is 13.2. The number of nitrogens with zero attached hydrogens (tertiary/aromatic N) is 1. The van der Waals surface area contributed by atoms with Gasteiger partial charge in [0.25, 0.3) is 15.9 Å². The Bertz CT molecular complexity index is 1130. The molecule has 3 aromatic rings. The summed E-state index contributed by atoms with van der Waals surface area (Å²) in [6, 6.07) is 14.5. The van der Waals surface area contributed by atoms with Crippen LogP contribution in [0.1, 0.15) is 21.6 Å². The number of anilines is 2. The van der Waals surface area contributed by atoms with Crippen molar-refractivity contribution in [3.63, 3.8) is 0 Å². The summed E-state index contributed by atoms with van der Waals surface area (Å²) in [6.07, 6.45) is 1.47. The van der Waals surface area contributed by atoms with Gasteiger partial charge in [-0.25, -0.2) is 8.42 Å². The molecule has 144 valence electrons. The molecule has 0 unspecified atom stereocenters. The number of rotatable bonds is 5. The van der Waals surface area contributed by atoms with Gasteiger partial charge in [0, 0.05) is 22.6 Å². The van der Waals surface area contributed by atoms with Gasteiger partial charge in [0.05, 0.1) is 16.1 Å². The summed E-state index contributed by atoms with van der Waals surface area (Å²) < 4.78 is 28.1. The van der Waals surface area contributed by atoms with Crippen LogP contribution in [0.15, 0.2) is 65.7 Å². The molecule has 0 radical (unpaired) electrons. The molecular formula is C20H18ClN3O3S. The fourth-order valence-electron chi connectivity index (χ4n) is 2.53. The maximum Gasteiger partial charge on any atom is 0.262 e. The van der Waals surface area contributed by atoms with Gasteiger partial charge in [0.1, 0.15) is 0 Å². The molecule has 1 heterocycles. The highest BCUT2D eigenvalue weighted by Gasteiger charge is 2.18. The van der Waals surface area contributed by atoms with Crippen LogP contribution in [0.3, 0.4) is 0 Å². The standard InChI is InChI=1S/C20H18ClN3O3S/c1-13-6-9-17(23-20(25)15-8-7-14(2)22-12-15)11-19(13)28(26,27)24-18-5-3-4-16(21)10-18/h3-12,24H,1-2H3,(H,23,25). The molecule has 0 saturated carbocycles. The van der Waals surface area contributed by atoms with Gasteiger partial charge < -0.3 is 5.32 Å². The number of nitrogens with one attached hydrogen (secondary N) is 2. The van der Waals surface area contributed by atoms with Gasteiger partial charge in [-0.2, -0.15) is 0 Å². The van der Waals surface area contributed by atoms with Crippen molar-refractivity contribution in [2.45, 2.75) is 18.7 Å². The SMILES string of the molecule is Cc1ccc(C(=O)Nc2ccc(C)c(S(=O)(=O)Nc3cccc(Cl)c3)c2)cn1. The molecule has 0 aliphatic heterocycles. The van der Waals surface area contributed by atoms with Gasteiger partial charge in [-0.15, -0.1) is 0 Å². The van der Waals surface area contributed by atoms with Crippen molar-refractivity contribution in [1.82, 2.24) is 4.98 Å². The third kappa shape index (κ3) is 4.68. The van der Waals surface area contributed by atoms with Crippen molar-refractivity contribution in [3.8, 4) is 0 Å². The first kappa shape index (κ1) is 19.9. The van der Waals surface area contributed by atoms with Gasteiger partial charge >= 0.3 is 0 Å². The fourth-order valence-corrected chi connectivity index (χ4v) is 4.05. The van der Waals surface area contributed by atoms with Crippen molar-refractivity contribution in [1.29, 1.82) is 0 Å². The number of aryl methyl sites for hydroxylation is 2.